The van der Waals surface area contributed by atoms with E-state index in [1.54, 1.807) is 0 Å². The Labute approximate surface area is 87.9 Å². The molecule has 1 aromatic heterocycles. The Balaban J connectivity index is 2.82. The molecule has 5 nitrogen and oxygen atoms in total. The van der Waals surface area contributed by atoms with Crippen molar-refractivity contribution in [3.8, 4) is 6.01 Å². The van der Waals surface area contributed by atoms with Gasteiger partial charge in [-0.3, -0.25) is 0 Å². The van der Waals surface area contributed by atoms with Crippen LogP contribution in [0.4, 0.5) is 13.2 Å². The molecule has 0 aliphatic heterocycles. The quantitative estimate of drug-likeness (QED) is 0.860. The molecule has 0 saturated heterocycles. The van der Waals surface area contributed by atoms with Crippen molar-refractivity contribution in [3.05, 3.63) is 18.0 Å². The van der Waals surface area contributed by atoms with Gasteiger partial charge >= 0.3 is 18.2 Å². The van der Waals surface area contributed by atoms with Gasteiger partial charge in [0.1, 0.15) is 0 Å². The third-order valence-corrected chi connectivity index (χ3v) is 1.60. The lowest BCUT2D eigenvalue weighted by Gasteiger charge is -2.15. The van der Waals surface area contributed by atoms with E-state index in [0.29, 0.717) is 0 Å². The molecule has 1 rings (SSSR count). The molecule has 1 heterocycles. The lowest BCUT2D eigenvalue weighted by molar-refractivity contribution is -0.190. The monoisotopic (exact) mass is 236 g/mol. The number of ether oxygens (including phenoxy) is 1. The number of carboxylic acids is 1. The predicted molar refractivity (Wildman–Crippen MR) is 45.1 cm³/mol. The SMILES string of the molecule is CC(Oc1nccc(C(=O)O)n1)C(F)(F)F. The first-order valence-electron chi connectivity index (χ1n) is 4.10. The molecule has 0 amide bonds. The number of halogens is 3. The van der Waals surface area contributed by atoms with Crippen LogP contribution in [0.25, 0.3) is 0 Å². The number of aromatic carboxylic acids is 1. The first kappa shape index (κ1) is 12.2. The molecule has 0 aliphatic rings. The minimum Gasteiger partial charge on any atom is -0.477 e. The highest BCUT2D eigenvalue weighted by atomic mass is 19.4. The topological polar surface area (TPSA) is 72.3 Å². The maximum absolute atomic E-state index is 12.1. The number of carboxylic acid groups (broad SMARTS) is 1. The van der Waals surface area contributed by atoms with Gasteiger partial charge in [0.05, 0.1) is 0 Å². The second kappa shape index (κ2) is 4.33. The van der Waals surface area contributed by atoms with Gasteiger partial charge < -0.3 is 9.84 Å². The van der Waals surface area contributed by atoms with Crippen molar-refractivity contribution in [1.82, 2.24) is 9.97 Å². The zero-order valence-electron chi connectivity index (χ0n) is 8.02. The van der Waals surface area contributed by atoms with Crippen molar-refractivity contribution in [1.29, 1.82) is 0 Å². The van der Waals surface area contributed by atoms with Gasteiger partial charge in [-0.05, 0) is 13.0 Å². The van der Waals surface area contributed by atoms with E-state index in [1.165, 1.54) is 0 Å². The van der Waals surface area contributed by atoms with Crippen LogP contribution in [0.1, 0.15) is 17.4 Å². The number of hydrogen-bond donors (Lipinski definition) is 1. The number of aromatic nitrogens is 2. The minimum absolute atomic E-state index is 0.431. The summed E-state index contributed by atoms with van der Waals surface area (Å²) in [4.78, 5) is 17.1. The van der Waals surface area contributed by atoms with Crippen LogP contribution in [-0.4, -0.2) is 33.3 Å². The smallest absolute Gasteiger partial charge is 0.425 e. The zero-order chi connectivity index (χ0) is 12.3. The zero-order valence-corrected chi connectivity index (χ0v) is 8.02. The Morgan fingerprint density at radius 2 is 2.19 bits per heavy atom. The molecule has 1 aromatic rings. The number of nitrogens with zero attached hydrogens (tertiary/aromatic N) is 2. The highest BCUT2D eigenvalue weighted by Gasteiger charge is 2.38. The fourth-order valence-corrected chi connectivity index (χ4v) is 0.742. The summed E-state index contributed by atoms with van der Waals surface area (Å²) < 4.78 is 40.7. The summed E-state index contributed by atoms with van der Waals surface area (Å²) in [6.07, 6.45) is -5.64. The molecule has 0 aliphatic carbocycles. The number of alkyl halides is 3. The van der Waals surface area contributed by atoms with Crippen molar-refractivity contribution in [2.75, 3.05) is 0 Å². The molecular weight excluding hydrogens is 229 g/mol. The summed E-state index contributed by atoms with van der Waals surface area (Å²) in [5.74, 6) is -1.37. The normalized spacial score (nSPS) is 13.2. The number of hydrogen-bond acceptors (Lipinski definition) is 4. The van der Waals surface area contributed by atoms with Crippen LogP contribution < -0.4 is 4.74 Å². The maximum Gasteiger partial charge on any atom is 0.425 e. The van der Waals surface area contributed by atoms with E-state index in [0.717, 1.165) is 19.2 Å². The second-order valence-corrected chi connectivity index (χ2v) is 2.83. The molecule has 8 heteroatoms. The predicted octanol–water partition coefficient (Wildman–Crippen LogP) is 1.50. The third-order valence-electron chi connectivity index (χ3n) is 1.60. The first-order valence-corrected chi connectivity index (χ1v) is 4.10. The van der Waals surface area contributed by atoms with Gasteiger partial charge in [0.2, 0.25) is 0 Å². The molecule has 16 heavy (non-hydrogen) atoms. The first-order chi connectivity index (χ1) is 7.30. The van der Waals surface area contributed by atoms with E-state index in [2.05, 4.69) is 14.7 Å². The second-order valence-electron chi connectivity index (χ2n) is 2.83. The molecule has 1 N–H and O–H groups in total. The molecule has 0 bridgehead atoms. The average Bonchev–Trinajstić information content (AvgIpc) is 2.16. The number of carbonyl (C=O) groups is 1. The van der Waals surface area contributed by atoms with E-state index in [9.17, 15) is 18.0 Å². The van der Waals surface area contributed by atoms with Crippen LogP contribution in [0.15, 0.2) is 12.3 Å². The molecule has 88 valence electrons. The van der Waals surface area contributed by atoms with E-state index in [-0.39, 0.29) is 0 Å². The minimum atomic E-state index is -4.55. The molecule has 1 unspecified atom stereocenters. The summed E-state index contributed by atoms with van der Waals surface area (Å²) in [7, 11) is 0. The Morgan fingerprint density at radius 1 is 1.56 bits per heavy atom. The van der Waals surface area contributed by atoms with Gasteiger partial charge in [-0.2, -0.15) is 18.2 Å². The lowest BCUT2D eigenvalue weighted by atomic mass is 10.4. The van der Waals surface area contributed by atoms with Crippen LogP contribution in [0.3, 0.4) is 0 Å². The van der Waals surface area contributed by atoms with Crippen molar-refractivity contribution in [2.24, 2.45) is 0 Å². The summed E-state index contributed by atoms with van der Waals surface area (Å²) in [5.41, 5.74) is -0.431. The van der Waals surface area contributed by atoms with Gasteiger partial charge in [-0.25, -0.2) is 9.78 Å². The molecule has 1 atom stereocenters. The third kappa shape index (κ3) is 3.07. The van der Waals surface area contributed by atoms with Crippen molar-refractivity contribution >= 4 is 5.97 Å². The van der Waals surface area contributed by atoms with Crippen LogP contribution >= 0.6 is 0 Å². The van der Waals surface area contributed by atoms with Crippen molar-refractivity contribution < 1.29 is 27.8 Å². The number of rotatable bonds is 3. The Morgan fingerprint density at radius 3 is 2.69 bits per heavy atom. The lowest BCUT2D eigenvalue weighted by Crippen LogP contribution is -2.31. The fraction of sp³-hybridized carbons (Fsp3) is 0.375. The summed E-state index contributed by atoms with van der Waals surface area (Å²) in [5, 5.41) is 8.54. The van der Waals surface area contributed by atoms with Crippen LogP contribution in [0.5, 0.6) is 6.01 Å². The van der Waals surface area contributed by atoms with Gasteiger partial charge in [0.25, 0.3) is 0 Å². The largest absolute Gasteiger partial charge is 0.477 e. The molecule has 0 radical (unpaired) electrons. The van der Waals surface area contributed by atoms with Gasteiger partial charge in [-0.15, -0.1) is 0 Å². The molecule has 0 aromatic carbocycles. The summed E-state index contributed by atoms with van der Waals surface area (Å²) >= 11 is 0. The van der Waals surface area contributed by atoms with Gasteiger partial charge in [-0.1, -0.05) is 0 Å². The van der Waals surface area contributed by atoms with E-state index in [1.807, 2.05) is 0 Å². The van der Waals surface area contributed by atoms with Gasteiger partial charge in [0, 0.05) is 6.20 Å². The summed E-state index contributed by atoms with van der Waals surface area (Å²) in [6.45, 7) is 0.775. The van der Waals surface area contributed by atoms with Crippen molar-refractivity contribution in [3.63, 3.8) is 0 Å². The molecule has 0 spiro atoms. The van der Waals surface area contributed by atoms with Crippen LogP contribution in [0.2, 0.25) is 0 Å². The molecular formula is C8H7F3N2O3. The van der Waals surface area contributed by atoms with Crippen LogP contribution in [-0.2, 0) is 0 Å². The highest BCUT2D eigenvalue weighted by molar-refractivity contribution is 5.85. The summed E-state index contributed by atoms with van der Waals surface area (Å²) in [6, 6.07) is 0.428. The molecule has 0 fully saturated rings. The Bertz CT molecular complexity index is 394. The van der Waals surface area contributed by atoms with E-state index >= 15 is 0 Å². The molecule has 0 saturated carbocycles. The average molecular weight is 236 g/mol. The van der Waals surface area contributed by atoms with E-state index < -0.39 is 30.0 Å². The standard InChI is InChI=1S/C8H7F3N2O3/c1-4(8(9,10)11)16-7-12-3-2-5(13-7)6(14)15/h2-4H,1H3,(H,14,15). The van der Waals surface area contributed by atoms with E-state index in [4.69, 9.17) is 5.11 Å². The van der Waals surface area contributed by atoms with Crippen molar-refractivity contribution in [2.45, 2.75) is 19.2 Å². The van der Waals surface area contributed by atoms with Gasteiger partial charge in [0.15, 0.2) is 11.8 Å². The highest BCUT2D eigenvalue weighted by Crippen LogP contribution is 2.22. The Hall–Kier alpha value is -1.86. The Kier molecular flexibility index (Phi) is 3.31. The van der Waals surface area contributed by atoms with Crippen LogP contribution in [0, 0.1) is 0 Å². The fourth-order valence-electron chi connectivity index (χ4n) is 0.742. The maximum atomic E-state index is 12.1.